The molecule has 0 saturated carbocycles. The second kappa shape index (κ2) is 5.76. The number of rotatable bonds is 5. The first-order valence-electron chi connectivity index (χ1n) is 6.72. The molecule has 0 bridgehead atoms. The maximum atomic E-state index is 5.42. The van der Waals surface area contributed by atoms with E-state index in [1.807, 2.05) is 43.6 Å². The van der Waals surface area contributed by atoms with Crippen molar-refractivity contribution in [1.29, 1.82) is 0 Å². The molecule has 3 aromatic rings. The van der Waals surface area contributed by atoms with E-state index in [4.69, 9.17) is 5.84 Å². The zero-order valence-electron chi connectivity index (χ0n) is 11.7. The van der Waals surface area contributed by atoms with Gasteiger partial charge in [0.05, 0.1) is 11.2 Å². The van der Waals surface area contributed by atoms with Gasteiger partial charge in [-0.1, -0.05) is 12.1 Å². The van der Waals surface area contributed by atoms with Gasteiger partial charge in [0.25, 0.3) is 0 Å². The van der Waals surface area contributed by atoms with Gasteiger partial charge in [-0.25, -0.2) is 10.8 Å². The second-order valence-corrected chi connectivity index (χ2v) is 4.71. The molecule has 4 N–H and O–H groups in total. The molecule has 0 spiro atoms. The Bertz CT molecular complexity index is 750. The summed E-state index contributed by atoms with van der Waals surface area (Å²) in [4.78, 5) is 8.69. The summed E-state index contributed by atoms with van der Waals surface area (Å²) in [7, 11) is 1.91. The molecule has 0 aliphatic rings. The summed E-state index contributed by atoms with van der Waals surface area (Å²) in [6.45, 7) is 0.738. The molecule has 2 heterocycles. The topological polar surface area (TPSA) is 93.7 Å². The van der Waals surface area contributed by atoms with Gasteiger partial charge in [-0.05, 0) is 18.2 Å². The minimum absolute atomic E-state index is 0.397. The molecule has 2 aromatic heterocycles. The lowest BCUT2D eigenvalue weighted by Crippen LogP contribution is -2.13. The van der Waals surface area contributed by atoms with Gasteiger partial charge in [-0.3, -0.25) is 10.1 Å². The fourth-order valence-corrected chi connectivity index (χ4v) is 2.18. The zero-order chi connectivity index (χ0) is 14.7. The second-order valence-electron chi connectivity index (χ2n) is 4.71. The van der Waals surface area contributed by atoms with Gasteiger partial charge in [-0.2, -0.15) is 10.1 Å². The molecule has 0 unspecified atom stereocenters. The third-order valence-corrected chi connectivity index (χ3v) is 3.17. The summed E-state index contributed by atoms with van der Waals surface area (Å²) in [6.07, 6.45) is 2.76. The molecular weight excluding hydrogens is 266 g/mol. The highest BCUT2D eigenvalue weighted by molar-refractivity contribution is 5.89. The van der Waals surface area contributed by atoms with Gasteiger partial charge < -0.3 is 5.32 Å². The van der Waals surface area contributed by atoms with Crippen molar-refractivity contribution in [2.75, 3.05) is 17.3 Å². The van der Waals surface area contributed by atoms with E-state index >= 15 is 0 Å². The molecule has 0 radical (unpaired) electrons. The average molecular weight is 283 g/mol. The summed E-state index contributed by atoms with van der Waals surface area (Å²) in [5, 5.41) is 8.64. The molecule has 108 valence electrons. The molecule has 0 aliphatic carbocycles. The number of nitrogens with zero attached hydrogens (tertiary/aromatic N) is 4. The highest BCUT2D eigenvalue weighted by Gasteiger charge is 2.06. The summed E-state index contributed by atoms with van der Waals surface area (Å²) in [6, 6.07) is 9.83. The number of benzene rings is 1. The Morgan fingerprint density at radius 2 is 2.05 bits per heavy atom. The van der Waals surface area contributed by atoms with E-state index in [9.17, 15) is 0 Å². The van der Waals surface area contributed by atoms with Crippen molar-refractivity contribution in [2.24, 2.45) is 12.9 Å². The quantitative estimate of drug-likeness (QED) is 0.483. The highest BCUT2D eigenvalue weighted by atomic mass is 15.3. The number of nitrogen functional groups attached to an aromatic ring is 1. The van der Waals surface area contributed by atoms with Gasteiger partial charge in [0, 0.05) is 31.6 Å². The number of fused-ring (bicyclic) bond motifs is 1. The molecule has 0 atom stereocenters. The first kappa shape index (κ1) is 13.3. The van der Waals surface area contributed by atoms with Crippen molar-refractivity contribution >= 4 is 22.7 Å². The lowest BCUT2D eigenvalue weighted by molar-refractivity contribution is 0.742. The Labute approximate surface area is 122 Å². The Morgan fingerprint density at radius 1 is 1.19 bits per heavy atom. The van der Waals surface area contributed by atoms with Crippen LogP contribution in [0.1, 0.15) is 5.69 Å². The van der Waals surface area contributed by atoms with Crippen molar-refractivity contribution in [3.05, 3.63) is 42.2 Å². The summed E-state index contributed by atoms with van der Waals surface area (Å²) in [5.74, 6) is 6.58. The molecule has 3 rings (SSSR count). The largest absolute Gasteiger partial charge is 0.369 e. The maximum Gasteiger partial charge on any atom is 0.239 e. The molecule has 21 heavy (non-hydrogen) atoms. The van der Waals surface area contributed by atoms with Crippen LogP contribution in [0.25, 0.3) is 10.9 Å². The fourth-order valence-electron chi connectivity index (χ4n) is 2.18. The predicted molar refractivity (Wildman–Crippen MR) is 82.7 cm³/mol. The van der Waals surface area contributed by atoms with Gasteiger partial charge in [0.2, 0.25) is 5.95 Å². The van der Waals surface area contributed by atoms with Crippen molar-refractivity contribution in [3.63, 3.8) is 0 Å². The minimum atomic E-state index is 0.397. The van der Waals surface area contributed by atoms with Crippen LogP contribution < -0.4 is 16.6 Å². The molecular formula is C14H17N7. The number of aryl methyl sites for hydroxylation is 1. The monoisotopic (exact) mass is 283 g/mol. The molecule has 7 nitrogen and oxygen atoms in total. The number of hydrogen-bond donors (Lipinski definition) is 3. The van der Waals surface area contributed by atoms with Crippen molar-refractivity contribution in [3.8, 4) is 0 Å². The van der Waals surface area contributed by atoms with E-state index < -0.39 is 0 Å². The Hall–Kier alpha value is -2.67. The summed E-state index contributed by atoms with van der Waals surface area (Å²) < 4.78 is 1.80. The fraction of sp³-hybridized carbons (Fsp3) is 0.214. The van der Waals surface area contributed by atoms with Crippen molar-refractivity contribution < 1.29 is 0 Å². The Balaban J connectivity index is 1.79. The predicted octanol–water partition coefficient (Wildman–Crippen LogP) is 1.30. The summed E-state index contributed by atoms with van der Waals surface area (Å²) in [5.41, 5.74) is 4.38. The van der Waals surface area contributed by atoms with Crippen LogP contribution in [-0.2, 0) is 13.5 Å². The lowest BCUT2D eigenvalue weighted by Gasteiger charge is -2.09. The first-order chi connectivity index (χ1) is 10.3. The number of anilines is 2. The van der Waals surface area contributed by atoms with Crippen molar-refractivity contribution in [1.82, 2.24) is 19.7 Å². The molecule has 0 amide bonds. The molecule has 1 aromatic carbocycles. The standard InChI is InChI=1S/C14H17N7/c1-21-9-7-10(20-21)6-8-16-13-11-4-2-3-5-12(11)17-14(18-13)19-15/h2-5,7,9H,6,8,15H2,1H3,(H2,16,17,18,19). The molecule has 0 saturated heterocycles. The third kappa shape index (κ3) is 2.92. The number of para-hydroxylation sites is 1. The van der Waals surface area contributed by atoms with Crippen LogP contribution in [0.4, 0.5) is 11.8 Å². The average Bonchev–Trinajstić information content (AvgIpc) is 2.92. The lowest BCUT2D eigenvalue weighted by atomic mass is 10.2. The number of hydrazine groups is 1. The van der Waals surface area contributed by atoms with Crippen molar-refractivity contribution in [2.45, 2.75) is 6.42 Å². The Morgan fingerprint density at radius 3 is 2.81 bits per heavy atom. The minimum Gasteiger partial charge on any atom is -0.369 e. The number of nitrogens with one attached hydrogen (secondary N) is 2. The van der Waals surface area contributed by atoms with E-state index in [2.05, 4.69) is 25.8 Å². The van der Waals surface area contributed by atoms with E-state index in [1.54, 1.807) is 4.68 Å². The summed E-state index contributed by atoms with van der Waals surface area (Å²) >= 11 is 0. The molecule has 0 fully saturated rings. The highest BCUT2D eigenvalue weighted by Crippen LogP contribution is 2.21. The van der Waals surface area contributed by atoms with Crippen LogP contribution in [0.3, 0.4) is 0 Å². The smallest absolute Gasteiger partial charge is 0.239 e. The first-order valence-corrected chi connectivity index (χ1v) is 6.72. The number of hydrogen-bond acceptors (Lipinski definition) is 6. The maximum absolute atomic E-state index is 5.42. The van der Waals surface area contributed by atoms with E-state index in [0.717, 1.165) is 35.4 Å². The van der Waals surface area contributed by atoms with Gasteiger partial charge in [-0.15, -0.1) is 0 Å². The van der Waals surface area contributed by atoms with Gasteiger partial charge >= 0.3 is 0 Å². The van der Waals surface area contributed by atoms with Crippen LogP contribution >= 0.6 is 0 Å². The van der Waals surface area contributed by atoms with Crippen LogP contribution in [-0.4, -0.2) is 26.3 Å². The third-order valence-electron chi connectivity index (χ3n) is 3.17. The number of nitrogens with two attached hydrogens (primary N) is 1. The van der Waals surface area contributed by atoms with Crippen LogP contribution in [0.5, 0.6) is 0 Å². The van der Waals surface area contributed by atoms with E-state index in [0.29, 0.717) is 5.95 Å². The Kier molecular flexibility index (Phi) is 3.65. The van der Waals surface area contributed by atoms with Crippen LogP contribution in [0.2, 0.25) is 0 Å². The normalized spacial score (nSPS) is 10.8. The van der Waals surface area contributed by atoms with Gasteiger partial charge in [0.15, 0.2) is 0 Å². The van der Waals surface area contributed by atoms with E-state index in [-0.39, 0.29) is 0 Å². The number of aromatic nitrogens is 4. The SMILES string of the molecule is Cn1ccc(CCNc2nc(NN)nc3ccccc23)n1. The van der Waals surface area contributed by atoms with Gasteiger partial charge in [0.1, 0.15) is 5.82 Å². The molecule has 7 heteroatoms. The van der Waals surface area contributed by atoms with Crippen LogP contribution in [0, 0.1) is 0 Å². The van der Waals surface area contributed by atoms with E-state index in [1.165, 1.54) is 0 Å². The molecule has 0 aliphatic heterocycles. The zero-order valence-corrected chi connectivity index (χ0v) is 11.7. The van der Waals surface area contributed by atoms with Crippen LogP contribution in [0.15, 0.2) is 36.5 Å².